The lowest BCUT2D eigenvalue weighted by molar-refractivity contribution is -0.117. The van der Waals surface area contributed by atoms with Crippen molar-refractivity contribution in [3.05, 3.63) is 96.1 Å². The number of carbonyl (C=O) groups excluding carboxylic acids is 2. The van der Waals surface area contributed by atoms with E-state index in [-0.39, 0.29) is 11.8 Å². The molecule has 3 aromatic rings. The number of aryl methyl sites for hydroxylation is 2. The van der Waals surface area contributed by atoms with Crippen LogP contribution in [0.2, 0.25) is 0 Å². The Morgan fingerprint density at radius 2 is 1.00 bits per heavy atom. The van der Waals surface area contributed by atoms with Crippen molar-refractivity contribution in [2.45, 2.75) is 32.1 Å². The Morgan fingerprint density at radius 1 is 0.552 bits per heavy atom. The summed E-state index contributed by atoms with van der Waals surface area (Å²) in [6.07, 6.45) is 3.33. The van der Waals surface area contributed by atoms with Gasteiger partial charge in [-0.3, -0.25) is 9.59 Å². The van der Waals surface area contributed by atoms with E-state index in [1.54, 1.807) is 12.1 Å². The fraction of sp³-hybridized carbons (Fsp3) is 0.200. The number of carbonyl (C=O) groups is 2. The van der Waals surface area contributed by atoms with E-state index in [0.29, 0.717) is 19.3 Å². The number of anilines is 2. The normalized spacial score (nSPS) is 10.3. The van der Waals surface area contributed by atoms with Crippen LogP contribution in [0.3, 0.4) is 0 Å². The molecule has 0 aliphatic carbocycles. The summed E-state index contributed by atoms with van der Waals surface area (Å²) in [5.41, 5.74) is 3.85. The second kappa shape index (κ2) is 10.8. The van der Waals surface area contributed by atoms with Gasteiger partial charge in [0.1, 0.15) is 0 Å². The molecule has 0 fully saturated rings. The van der Waals surface area contributed by atoms with Crippen molar-refractivity contribution in [3.63, 3.8) is 0 Å². The van der Waals surface area contributed by atoms with Gasteiger partial charge in [-0.2, -0.15) is 0 Å². The highest BCUT2D eigenvalue weighted by molar-refractivity contribution is 5.93. The van der Waals surface area contributed by atoms with Gasteiger partial charge in [0.25, 0.3) is 0 Å². The van der Waals surface area contributed by atoms with Gasteiger partial charge in [0.2, 0.25) is 11.8 Å². The van der Waals surface area contributed by atoms with E-state index in [0.717, 1.165) is 29.8 Å². The molecule has 0 radical (unpaired) electrons. The summed E-state index contributed by atoms with van der Waals surface area (Å²) in [7, 11) is 0. The minimum Gasteiger partial charge on any atom is -0.326 e. The first-order valence-corrected chi connectivity index (χ1v) is 9.97. The number of nitrogens with one attached hydrogen (secondary N) is 2. The summed E-state index contributed by atoms with van der Waals surface area (Å²) < 4.78 is 0. The molecule has 29 heavy (non-hydrogen) atoms. The van der Waals surface area contributed by atoms with Crippen molar-refractivity contribution in [2.24, 2.45) is 0 Å². The van der Waals surface area contributed by atoms with Gasteiger partial charge < -0.3 is 10.6 Å². The van der Waals surface area contributed by atoms with E-state index in [2.05, 4.69) is 22.8 Å². The fourth-order valence-electron chi connectivity index (χ4n) is 3.08. The zero-order valence-corrected chi connectivity index (χ0v) is 16.4. The number of amides is 2. The van der Waals surface area contributed by atoms with Gasteiger partial charge >= 0.3 is 0 Å². The van der Waals surface area contributed by atoms with E-state index in [1.807, 2.05) is 60.7 Å². The van der Waals surface area contributed by atoms with E-state index in [9.17, 15) is 9.59 Å². The molecule has 2 amide bonds. The summed E-state index contributed by atoms with van der Waals surface area (Å²) in [6.45, 7) is 0. The van der Waals surface area contributed by atoms with Crippen LogP contribution in [0.1, 0.15) is 30.4 Å². The Hall–Kier alpha value is -3.40. The maximum absolute atomic E-state index is 12.1. The number of hydrogen-bond acceptors (Lipinski definition) is 2. The Kier molecular flexibility index (Phi) is 7.58. The Morgan fingerprint density at radius 3 is 1.52 bits per heavy atom. The molecule has 3 aromatic carbocycles. The summed E-state index contributed by atoms with van der Waals surface area (Å²) >= 11 is 0. The lowest BCUT2D eigenvalue weighted by atomic mass is 10.1. The van der Waals surface area contributed by atoms with Gasteiger partial charge in [0.05, 0.1) is 0 Å². The van der Waals surface area contributed by atoms with Crippen molar-refractivity contribution in [1.29, 1.82) is 0 Å². The maximum atomic E-state index is 12.1. The van der Waals surface area contributed by atoms with Crippen LogP contribution in [0, 0.1) is 0 Å². The van der Waals surface area contributed by atoms with Crippen molar-refractivity contribution < 1.29 is 9.59 Å². The van der Waals surface area contributed by atoms with E-state index < -0.39 is 0 Å². The predicted molar refractivity (Wildman–Crippen MR) is 118 cm³/mol. The van der Waals surface area contributed by atoms with Crippen LogP contribution in [0.5, 0.6) is 0 Å². The molecule has 0 aliphatic heterocycles. The van der Waals surface area contributed by atoms with E-state index in [1.165, 1.54) is 5.56 Å². The van der Waals surface area contributed by atoms with E-state index >= 15 is 0 Å². The minimum absolute atomic E-state index is 0.000535. The number of hydrogen-bond donors (Lipinski definition) is 2. The largest absolute Gasteiger partial charge is 0.326 e. The monoisotopic (exact) mass is 386 g/mol. The van der Waals surface area contributed by atoms with Gasteiger partial charge in [-0.15, -0.1) is 0 Å². The van der Waals surface area contributed by atoms with Crippen molar-refractivity contribution in [1.82, 2.24) is 0 Å². The Balaban J connectivity index is 1.38. The summed E-state index contributed by atoms with van der Waals surface area (Å²) in [6, 6.07) is 27.3. The average Bonchev–Trinajstić information content (AvgIpc) is 2.75. The molecule has 0 aromatic heterocycles. The van der Waals surface area contributed by atoms with Gasteiger partial charge in [-0.25, -0.2) is 0 Å². The smallest absolute Gasteiger partial charge is 0.224 e. The lowest BCUT2D eigenvalue weighted by Crippen LogP contribution is -2.13. The molecule has 4 heteroatoms. The standard InChI is InChI=1S/C25H26N2O2/c28-24(13-7-12-20-8-3-1-4-9-20)26-22-15-17-23(18-16-22)27-25(29)19-14-21-10-5-2-6-11-21/h1-6,8-11,15-18H,7,12-14,19H2,(H,26,28)(H,27,29). The zero-order chi connectivity index (χ0) is 20.3. The molecule has 0 spiro atoms. The van der Waals surface area contributed by atoms with Gasteiger partial charge in [-0.1, -0.05) is 60.7 Å². The maximum Gasteiger partial charge on any atom is 0.224 e. The summed E-state index contributed by atoms with van der Waals surface area (Å²) in [5.74, 6) is -0.0212. The third-order valence-corrected chi connectivity index (χ3v) is 4.65. The lowest BCUT2D eigenvalue weighted by Gasteiger charge is -2.08. The topological polar surface area (TPSA) is 58.2 Å². The van der Waals surface area contributed by atoms with Crippen LogP contribution >= 0.6 is 0 Å². The first-order chi connectivity index (χ1) is 14.2. The van der Waals surface area contributed by atoms with Crippen LogP contribution in [-0.4, -0.2) is 11.8 Å². The van der Waals surface area contributed by atoms with Crippen LogP contribution in [0.4, 0.5) is 11.4 Å². The Bertz CT molecular complexity index is 907. The van der Waals surface area contributed by atoms with Crippen molar-refractivity contribution in [2.75, 3.05) is 10.6 Å². The summed E-state index contributed by atoms with van der Waals surface area (Å²) in [4.78, 5) is 24.2. The third kappa shape index (κ3) is 7.26. The molecule has 0 bridgehead atoms. The van der Waals surface area contributed by atoms with Gasteiger partial charge in [-0.05, 0) is 54.7 Å². The molecule has 148 valence electrons. The quantitative estimate of drug-likeness (QED) is 0.530. The first kappa shape index (κ1) is 20.3. The van der Waals surface area contributed by atoms with Crippen LogP contribution < -0.4 is 10.6 Å². The molecular formula is C25H26N2O2. The highest BCUT2D eigenvalue weighted by Crippen LogP contribution is 2.15. The second-order valence-corrected chi connectivity index (χ2v) is 7.00. The predicted octanol–water partition coefficient (Wildman–Crippen LogP) is 5.22. The molecule has 4 nitrogen and oxygen atoms in total. The highest BCUT2D eigenvalue weighted by atomic mass is 16.2. The third-order valence-electron chi connectivity index (χ3n) is 4.65. The van der Waals surface area contributed by atoms with Crippen molar-refractivity contribution in [3.8, 4) is 0 Å². The number of benzene rings is 3. The Labute approximate surface area is 172 Å². The fourth-order valence-corrected chi connectivity index (χ4v) is 3.08. The molecule has 0 heterocycles. The van der Waals surface area contributed by atoms with Crippen LogP contribution in [-0.2, 0) is 22.4 Å². The summed E-state index contributed by atoms with van der Waals surface area (Å²) in [5, 5.41) is 5.80. The first-order valence-electron chi connectivity index (χ1n) is 9.97. The second-order valence-electron chi connectivity index (χ2n) is 7.00. The molecule has 2 N–H and O–H groups in total. The molecule has 0 atom stereocenters. The molecule has 0 aliphatic rings. The SMILES string of the molecule is O=C(CCCc1ccccc1)Nc1ccc(NC(=O)CCc2ccccc2)cc1. The molecule has 0 unspecified atom stereocenters. The molecule has 0 saturated carbocycles. The highest BCUT2D eigenvalue weighted by Gasteiger charge is 2.05. The molecule has 3 rings (SSSR count). The molecular weight excluding hydrogens is 360 g/mol. The average molecular weight is 386 g/mol. The van der Waals surface area contributed by atoms with Gasteiger partial charge in [0, 0.05) is 24.2 Å². The molecule has 0 saturated heterocycles. The zero-order valence-electron chi connectivity index (χ0n) is 16.4. The number of rotatable bonds is 9. The van der Waals surface area contributed by atoms with Gasteiger partial charge in [0.15, 0.2) is 0 Å². The van der Waals surface area contributed by atoms with Crippen LogP contribution in [0.15, 0.2) is 84.9 Å². The van der Waals surface area contributed by atoms with Crippen molar-refractivity contribution >= 4 is 23.2 Å². The van der Waals surface area contributed by atoms with E-state index in [4.69, 9.17) is 0 Å². The minimum atomic E-state index is -0.0217. The van der Waals surface area contributed by atoms with Crippen LogP contribution in [0.25, 0.3) is 0 Å².